The molecule has 4 rings (SSSR count). The summed E-state index contributed by atoms with van der Waals surface area (Å²) < 4.78 is 8.94. The number of rotatable bonds is 7. The number of aromatic nitrogens is 6. The summed E-state index contributed by atoms with van der Waals surface area (Å²) in [5.41, 5.74) is 2.72. The van der Waals surface area contributed by atoms with Crippen LogP contribution in [0.2, 0.25) is 0 Å². The summed E-state index contributed by atoms with van der Waals surface area (Å²) >= 11 is 0. The molecule has 0 saturated carbocycles. The maximum atomic E-state index is 12.1. The van der Waals surface area contributed by atoms with E-state index < -0.39 is 0 Å². The number of nitrogens with zero attached hydrogens (tertiary/aromatic N) is 6. The molecule has 0 spiro atoms. The van der Waals surface area contributed by atoms with E-state index in [9.17, 15) is 4.79 Å². The van der Waals surface area contributed by atoms with Crippen molar-refractivity contribution in [2.45, 2.75) is 33.0 Å². The molecule has 0 unspecified atom stereocenters. The molecule has 1 aromatic carbocycles. The number of hydrogen-bond acceptors (Lipinski definition) is 6. The highest BCUT2D eigenvalue weighted by Crippen LogP contribution is 2.15. The van der Waals surface area contributed by atoms with Crippen molar-refractivity contribution in [3.8, 4) is 11.4 Å². The van der Waals surface area contributed by atoms with E-state index >= 15 is 0 Å². The van der Waals surface area contributed by atoms with Crippen LogP contribution in [0.4, 0.5) is 0 Å². The van der Waals surface area contributed by atoms with Gasteiger partial charge in [-0.2, -0.15) is 10.1 Å². The average Bonchev–Trinajstić information content (AvgIpc) is 3.43. The lowest BCUT2D eigenvalue weighted by Crippen LogP contribution is -2.24. The van der Waals surface area contributed by atoms with Crippen LogP contribution in [0.3, 0.4) is 0 Å². The van der Waals surface area contributed by atoms with Crippen molar-refractivity contribution in [2.24, 2.45) is 0 Å². The second kappa shape index (κ2) is 7.40. The predicted octanol–water partition coefficient (Wildman–Crippen LogP) is 2.01. The first-order valence-corrected chi connectivity index (χ1v) is 8.75. The fourth-order valence-corrected chi connectivity index (χ4v) is 2.77. The van der Waals surface area contributed by atoms with Crippen LogP contribution >= 0.6 is 0 Å². The number of nitrogens with one attached hydrogen (secondary N) is 1. The maximum absolute atomic E-state index is 12.1. The van der Waals surface area contributed by atoms with E-state index in [1.807, 2.05) is 42.0 Å². The second-order valence-electron chi connectivity index (χ2n) is 6.05. The largest absolute Gasteiger partial charge is 0.347 e. The van der Waals surface area contributed by atoms with E-state index in [0.717, 1.165) is 23.1 Å². The van der Waals surface area contributed by atoms with Crippen molar-refractivity contribution < 1.29 is 9.32 Å². The van der Waals surface area contributed by atoms with Crippen LogP contribution in [0.25, 0.3) is 22.4 Å². The van der Waals surface area contributed by atoms with Gasteiger partial charge in [-0.15, -0.1) is 0 Å². The zero-order chi connectivity index (χ0) is 18.6. The van der Waals surface area contributed by atoms with Crippen LogP contribution in [0, 0.1) is 0 Å². The van der Waals surface area contributed by atoms with E-state index in [1.165, 1.54) is 0 Å². The lowest BCUT2D eigenvalue weighted by atomic mass is 10.3. The second-order valence-corrected chi connectivity index (χ2v) is 6.05. The molecule has 9 heteroatoms. The number of fused-ring (bicyclic) bond motifs is 1. The van der Waals surface area contributed by atoms with Gasteiger partial charge in [0.2, 0.25) is 17.6 Å². The molecular weight excluding hydrogens is 346 g/mol. The highest BCUT2D eigenvalue weighted by molar-refractivity contribution is 5.77. The van der Waals surface area contributed by atoms with Crippen molar-refractivity contribution in [1.82, 2.24) is 34.8 Å². The van der Waals surface area contributed by atoms with E-state index in [1.54, 1.807) is 17.2 Å². The Kier molecular flexibility index (Phi) is 4.65. The van der Waals surface area contributed by atoms with Gasteiger partial charge in [0.05, 0.1) is 35.7 Å². The molecule has 0 aliphatic heterocycles. The molecule has 0 aliphatic rings. The van der Waals surface area contributed by atoms with Crippen molar-refractivity contribution in [2.75, 3.05) is 0 Å². The van der Waals surface area contributed by atoms with Crippen molar-refractivity contribution in [3.63, 3.8) is 0 Å². The van der Waals surface area contributed by atoms with Crippen LogP contribution in [-0.4, -0.2) is 35.4 Å². The number of benzene rings is 1. The average molecular weight is 365 g/mol. The number of imidazole rings is 1. The molecule has 0 radical (unpaired) electrons. The molecule has 1 amide bonds. The van der Waals surface area contributed by atoms with Gasteiger partial charge in [0.1, 0.15) is 0 Å². The van der Waals surface area contributed by atoms with Crippen molar-refractivity contribution in [1.29, 1.82) is 0 Å². The van der Waals surface area contributed by atoms with Gasteiger partial charge in [0.15, 0.2) is 0 Å². The van der Waals surface area contributed by atoms with E-state index in [4.69, 9.17) is 4.52 Å². The van der Waals surface area contributed by atoms with Gasteiger partial charge in [-0.1, -0.05) is 17.3 Å². The van der Waals surface area contributed by atoms with Gasteiger partial charge in [-0.25, -0.2) is 4.98 Å². The zero-order valence-electron chi connectivity index (χ0n) is 14.9. The SMILES string of the molecule is CCn1cc(-c2noc(CNC(=O)CCn3cnc4ccccc43)n2)cn1. The molecule has 0 saturated heterocycles. The minimum absolute atomic E-state index is 0.0914. The first kappa shape index (κ1) is 17.0. The van der Waals surface area contributed by atoms with Gasteiger partial charge >= 0.3 is 0 Å². The molecule has 138 valence electrons. The Labute approximate surface area is 155 Å². The molecule has 0 aliphatic carbocycles. The Bertz CT molecular complexity index is 1060. The smallest absolute Gasteiger partial charge is 0.246 e. The lowest BCUT2D eigenvalue weighted by Gasteiger charge is -2.04. The monoisotopic (exact) mass is 365 g/mol. The Morgan fingerprint density at radius 3 is 3.04 bits per heavy atom. The highest BCUT2D eigenvalue weighted by atomic mass is 16.5. The van der Waals surface area contributed by atoms with Crippen molar-refractivity contribution >= 4 is 16.9 Å². The number of carbonyl (C=O) groups excluding carboxylic acids is 1. The van der Waals surface area contributed by atoms with Crippen LogP contribution < -0.4 is 5.32 Å². The molecule has 1 N–H and O–H groups in total. The molecule has 0 bridgehead atoms. The predicted molar refractivity (Wildman–Crippen MR) is 97.4 cm³/mol. The summed E-state index contributed by atoms with van der Waals surface area (Å²) in [6, 6.07) is 7.83. The van der Waals surface area contributed by atoms with E-state index in [2.05, 4.69) is 25.5 Å². The Morgan fingerprint density at radius 2 is 2.19 bits per heavy atom. The Balaban J connectivity index is 1.30. The van der Waals surface area contributed by atoms with Crippen LogP contribution in [0.1, 0.15) is 19.2 Å². The third kappa shape index (κ3) is 3.71. The Hall–Kier alpha value is -3.49. The third-order valence-electron chi connectivity index (χ3n) is 4.23. The molecule has 4 aromatic rings. The standard InChI is InChI=1S/C18H19N7O2/c1-2-25-11-13(9-21-25)18-22-17(27-23-18)10-19-16(26)7-8-24-12-20-14-5-3-4-6-15(14)24/h3-6,9,11-12H,2,7-8,10H2,1H3,(H,19,26). The van der Waals surface area contributed by atoms with Crippen molar-refractivity contribution in [3.05, 3.63) is 48.9 Å². The minimum Gasteiger partial charge on any atom is -0.347 e. The molecule has 9 nitrogen and oxygen atoms in total. The van der Waals surface area contributed by atoms with Gasteiger partial charge in [0, 0.05) is 25.7 Å². The molecule has 3 heterocycles. The lowest BCUT2D eigenvalue weighted by molar-refractivity contribution is -0.121. The van der Waals surface area contributed by atoms with Crippen LogP contribution in [-0.2, 0) is 24.4 Å². The number of carbonyl (C=O) groups is 1. The number of amides is 1. The quantitative estimate of drug-likeness (QED) is 0.537. The minimum atomic E-state index is -0.0914. The fraction of sp³-hybridized carbons (Fsp3) is 0.278. The van der Waals surface area contributed by atoms with E-state index in [0.29, 0.717) is 24.7 Å². The summed E-state index contributed by atoms with van der Waals surface area (Å²) in [5.74, 6) is 0.728. The highest BCUT2D eigenvalue weighted by Gasteiger charge is 2.12. The molecule has 27 heavy (non-hydrogen) atoms. The maximum Gasteiger partial charge on any atom is 0.246 e. The first-order valence-electron chi connectivity index (χ1n) is 8.75. The van der Waals surface area contributed by atoms with Crippen LogP contribution in [0.15, 0.2) is 47.5 Å². The number of hydrogen-bond donors (Lipinski definition) is 1. The zero-order valence-corrected chi connectivity index (χ0v) is 14.9. The fourth-order valence-electron chi connectivity index (χ4n) is 2.77. The van der Waals surface area contributed by atoms with Gasteiger partial charge in [-0.05, 0) is 19.1 Å². The molecule has 0 atom stereocenters. The normalized spacial score (nSPS) is 11.1. The summed E-state index contributed by atoms with van der Waals surface area (Å²) in [4.78, 5) is 20.7. The molecule has 0 fully saturated rings. The van der Waals surface area contributed by atoms with Gasteiger partial charge in [-0.3, -0.25) is 9.48 Å². The topological polar surface area (TPSA) is 104 Å². The summed E-state index contributed by atoms with van der Waals surface area (Å²) in [6.45, 7) is 3.52. The van der Waals surface area contributed by atoms with E-state index in [-0.39, 0.29) is 12.5 Å². The van der Waals surface area contributed by atoms with Gasteiger partial charge < -0.3 is 14.4 Å². The first-order chi connectivity index (χ1) is 13.2. The third-order valence-corrected chi connectivity index (χ3v) is 4.23. The Morgan fingerprint density at radius 1 is 1.30 bits per heavy atom. The summed E-state index contributed by atoms with van der Waals surface area (Å²) in [5, 5.41) is 10.9. The molecule has 3 aromatic heterocycles. The number of aryl methyl sites for hydroxylation is 2. The summed E-state index contributed by atoms with van der Waals surface area (Å²) in [6.07, 6.45) is 5.62. The molecular formula is C18H19N7O2. The van der Waals surface area contributed by atoms with Gasteiger partial charge in [0.25, 0.3) is 0 Å². The van der Waals surface area contributed by atoms with Crippen LogP contribution in [0.5, 0.6) is 0 Å². The number of para-hydroxylation sites is 2. The summed E-state index contributed by atoms with van der Waals surface area (Å²) in [7, 11) is 0.